The molecule has 0 N–H and O–H groups in total. The zero-order valence-corrected chi connectivity index (χ0v) is 30.1. The van der Waals surface area contributed by atoms with Crippen molar-refractivity contribution >= 4 is 52.1 Å². The Bertz CT molecular complexity index is 2110. The molecule has 0 spiro atoms. The minimum absolute atomic E-state index is 0.0952. The minimum atomic E-state index is 0.0952. The summed E-state index contributed by atoms with van der Waals surface area (Å²) in [6.07, 6.45) is 4.13. The number of anilines is 6. The van der Waals surface area contributed by atoms with Crippen molar-refractivity contribution in [2.75, 3.05) is 22.9 Å². The largest absolute Gasteiger partial charge is 0.311 e. The van der Waals surface area contributed by atoms with Gasteiger partial charge in [0.2, 0.25) is 0 Å². The molecule has 8 rings (SSSR count). The van der Waals surface area contributed by atoms with E-state index in [0.717, 1.165) is 62.9 Å². The van der Waals surface area contributed by atoms with Crippen LogP contribution in [0.3, 0.4) is 0 Å². The van der Waals surface area contributed by atoms with Gasteiger partial charge in [0, 0.05) is 64.9 Å². The molecule has 0 aliphatic carbocycles. The van der Waals surface area contributed by atoms with E-state index in [0.29, 0.717) is 13.1 Å². The van der Waals surface area contributed by atoms with Crippen LogP contribution in [0.4, 0.5) is 34.1 Å². The van der Waals surface area contributed by atoms with E-state index in [1.54, 1.807) is 0 Å². The normalized spacial score (nSPS) is 14.6. The summed E-state index contributed by atoms with van der Waals surface area (Å²) in [5, 5.41) is 0. The lowest BCUT2D eigenvalue weighted by Crippen LogP contribution is -2.37. The van der Waals surface area contributed by atoms with Crippen molar-refractivity contribution < 1.29 is 4.79 Å². The highest BCUT2D eigenvalue weighted by Crippen LogP contribution is 2.36. The Balaban J connectivity index is 1.10. The number of carbonyl (C=O) groups excluding carboxylic acids is 1. The van der Waals surface area contributed by atoms with Crippen LogP contribution in [0.2, 0.25) is 0 Å². The van der Waals surface area contributed by atoms with E-state index in [1.165, 1.54) is 5.56 Å². The highest BCUT2D eigenvalue weighted by atomic mass is 16.1. The number of hydrogen-bond acceptors (Lipinski definition) is 4. The summed E-state index contributed by atoms with van der Waals surface area (Å²) in [4.78, 5) is 21.1. The van der Waals surface area contributed by atoms with Gasteiger partial charge in [-0.25, -0.2) is 0 Å². The van der Waals surface area contributed by atoms with Crippen molar-refractivity contribution in [2.24, 2.45) is 0 Å². The lowest BCUT2D eigenvalue weighted by Gasteiger charge is -2.30. The second-order valence-corrected chi connectivity index (χ2v) is 13.5. The van der Waals surface area contributed by atoms with Crippen LogP contribution in [0.1, 0.15) is 16.7 Å². The van der Waals surface area contributed by atoms with Crippen LogP contribution in [0.25, 0.3) is 12.2 Å². The minimum Gasteiger partial charge on any atom is -0.311 e. The maximum absolute atomic E-state index is 14.2. The van der Waals surface area contributed by atoms with Gasteiger partial charge in [0.1, 0.15) is 0 Å². The van der Waals surface area contributed by atoms with Crippen molar-refractivity contribution in [1.29, 1.82) is 0 Å². The predicted octanol–water partition coefficient (Wildman–Crippen LogP) is 12.2. The number of hydrogen-bond donors (Lipinski definition) is 0. The molecule has 54 heavy (non-hydrogen) atoms. The molecule has 0 atom stereocenters. The summed E-state index contributed by atoms with van der Waals surface area (Å²) in [5.74, 6) is 0.0952. The molecule has 0 aromatic heterocycles. The van der Waals surface area contributed by atoms with Gasteiger partial charge in [-0.2, -0.15) is 0 Å². The van der Waals surface area contributed by atoms with E-state index in [1.807, 2.05) is 30.3 Å². The SMILES string of the molecule is O=C1/C(=C\c2ccc(N(c3ccccc3)c3ccccc3)cc2)CN(Cc2ccccc2)C/C1=C\c1ccc(N(c2ccccc2)c2ccccc2)cc1. The molecule has 0 radical (unpaired) electrons. The third-order valence-electron chi connectivity index (χ3n) is 9.66. The Morgan fingerprint density at radius 1 is 0.389 bits per heavy atom. The van der Waals surface area contributed by atoms with Gasteiger partial charge in [0.05, 0.1) is 0 Å². The highest BCUT2D eigenvalue weighted by Gasteiger charge is 2.26. The van der Waals surface area contributed by atoms with E-state index in [9.17, 15) is 4.79 Å². The summed E-state index contributed by atoms with van der Waals surface area (Å²) in [7, 11) is 0. The van der Waals surface area contributed by atoms with Crippen molar-refractivity contribution in [3.8, 4) is 0 Å². The highest BCUT2D eigenvalue weighted by molar-refractivity contribution is 6.14. The Morgan fingerprint density at radius 3 is 1.02 bits per heavy atom. The van der Waals surface area contributed by atoms with Gasteiger partial charge in [-0.15, -0.1) is 0 Å². The van der Waals surface area contributed by atoms with Gasteiger partial charge in [0.25, 0.3) is 0 Å². The summed E-state index contributed by atoms with van der Waals surface area (Å²) < 4.78 is 0. The van der Waals surface area contributed by atoms with Crippen LogP contribution in [0, 0.1) is 0 Å². The van der Waals surface area contributed by atoms with Gasteiger partial charge in [-0.1, -0.05) is 127 Å². The molecule has 0 bridgehead atoms. The number of rotatable bonds is 10. The predicted molar refractivity (Wildman–Crippen MR) is 225 cm³/mol. The monoisotopic (exact) mass is 699 g/mol. The van der Waals surface area contributed by atoms with Gasteiger partial charge in [-0.05, 0) is 102 Å². The number of benzene rings is 7. The quantitative estimate of drug-likeness (QED) is 0.133. The van der Waals surface area contributed by atoms with E-state index in [-0.39, 0.29) is 5.78 Å². The van der Waals surface area contributed by atoms with Crippen LogP contribution >= 0.6 is 0 Å². The number of nitrogens with zero attached hydrogens (tertiary/aromatic N) is 3. The number of para-hydroxylation sites is 4. The first-order chi connectivity index (χ1) is 26.7. The number of carbonyl (C=O) groups is 1. The fourth-order valence-electron chi connectivity index (χ4n) is 7.11. The Labute approximate surface area is 318 Å². The molecule has 0 amide bonds. The fraction of sp³-hybridized carbons (Fsp3) is 0.0600. The third kappa shape index (κ3) is 8.00. The first-order valence-electron chi connectivity index (χ1n) is 18.4. The lowest BCUT2D eigenvalue weighted by molar-refractivity contribution is -0.113. The van der Waals surface area contributed by atoms with Crippen molar-refractivity contribution in [3.63, 3.8) is 0 Å². The van der Waals surface area contributed by atoms with E-state index in [2.05, 4.69) is 197 Å². The first kappa shape index (κ1) is 34.3. The molecule has 1 aliphatic rings. The fourth-order valence-corrected chi connectivity index (χ4v) is 7.11. The molecular weight excluding hydrogens is 659 g/mol. The Kier molecular flexibility index (Phi) is 10.4. The molecule has 262 valence electrons. The Hall–Kier alpha value is -6.75. The average molecular weight is 700 g/mol. The molecule has 4 nitrogen and oxygen atoms in total. The molecular formula is C50H41N3O. The zero-order valence-electron chi connectivity index (χ0n) is 30.1. The first-order valence-corrected chi connectivity index (χ1v) is 18.4. The van der Waals surface area contributed by atoms with Crippen LogP contribution in [0.5, 0.6) is 0 Å². The van der Waals surface area contributed by atoms with Gasteiger partial charge in [-0.3, -0.25) is 9.69 Å². The summed E-state index contributed by atoms with van der Waals surface area (Å²) in [5.41, 5.74) is 11.2. The molecule has 7 aromatic carbocycles. The second kappa shape index (κ2) is 16.3. The summed E-state index contributed by atoms with van der Waals surface area (Å²) in [6, 6.07) is 69.0. The summed E-state index contributed by atoms with van der Waals surface area (Å²) >= 11 is 0. The van der Waals surface area contributed by atoms with Crippen LogP contribution < -0.4 is 9.80 Å². The zero-order chi connectivity index (χ0) is 36.5. The van der Waals surface area contributed by atoms with Crippen LogP contribution in [-0.4, -0.2) is 23.8 Å². The maximum atomic E-state index is 14.2. The standard InChI is InChI=1S/C50H41N3O/c54-50-42(34-39-26-30-48(31-27-39)52(44-18-8-2-9-19-44)45-20-10-3-11-21-45)37-51(36-41-16-6-1-7-17-41)38-43(50)35-40-28-32-49(33-29-40)53(46-22-12-4-13-23-46)47-24-14-5-15-25-47/h1-35H,36-38H2/b42-34-,43-35+. The summed E-state index contributed by atoms with van der Waals surface area (Å²) in [6.45, 7) is 1.91. The maximum Gasteiger partial charge on any atom is 0.187 e. The van der Waals surface area contributed by atoms with Gasteiger partial charge >= 0.3 is 0 Å². The molecule has 1 saturated heterocycles. The van der Waals surface area contributed by atoms with Gasteiger partial charge in [0.15, 0.2) is 5.78 Å². The van der Waals surface area contributed by atoms with Crippen molar-refractivity contribution in [2.45, 2.75) is 6.54 Å². The number of piperidine rings is 1. The molecule has 7 aromatic rings. The number of ketones is 1. The molecule has 1 heterocycles. The van der Waals surface area contributed by atoms with E-state index >= 15 is 0 Å². The molecule has 1 fully saturated rings. The number of Topliss-reactive ketones (excluding diaryl/α,β-unsaturated/α-hetero) is 1. The third-order valence-corrected chi connectivity index (χ3v) is 9.66. The van der Waals surface area contributed by atoms with Crippen molar-refractivity contribution in [3.05, 3.63) is 228 Å². The second-order valence-electron chi connectivity index (χ2n) is 13.5. The molecule has 4 heteroatoms. The van der Waals surface area contributed by atoms with Crippen LogP contribution in [-0.2, 0) is 11.3 Å². The topological polar surface area (TPSA) is 26.8 Å². The molecule has 0 unspecified atom stereocenters. The van der Waals surface area contributed by atoms with E-state index in [4.69, 9.17) is 0 Å². The van der Waals surface area contributed by atoms with Crippen LogP contribution in [0.15, 0.2) is 211 Å². The van der Waals surface area contributed by atoms with Gasteiger partial charge < -0.3 is 9.80 Å². The van der Waals surface area contributed by atoms with E-state index < -0.39 is 0 Å². The Morgan fingerprint density at radius 2 is 0.685 bits per heavy atom. The molecule has 0 saturated carbocycles. The lowest BCUT2D eigenvalue weighted by atomic mass is 9.93. The smallest absolute Gasteiger partial charge is 0.187 e. The number of likely N-dealkylation sites (tertiary alicyclic amines) is 1. The average Bonchev–Trinajstić information content (AvgIpc) is 3.23. The van der Waals surface area contributed by atoms with Crippen molar-refractivity contribution in [1.82, 2.24) is 4.90 Å². The molecule has 1 aliphatic heterocycles.